The van der Waals surface area contributed by atoms with E-state index >= 15 is 0 Å². The molecule has 0 bridgehead atoms. The van der Waals surface area contributed by atoms with E-state index in [2.05, 4.69) is 15.9 Å². The molecule has 0 N–H and O–H groups in total. The summed E-state index contributed by atoms with van der Waals surface area (Å²) in [6.07, 6.45) is 1.84. The zero-order valence-electron chi connectivity index (χ0n) is 9.82. The summed E-state index contributed by atoms with van der Waals surface area (Å²) in [6, 6.07) is 13.2. The maximum atomic E-state index is 14.1. The Morgan fingerprint density at radius 1 is 1.17 bits per heavy atom. The third kappa shape index (κ3) is 3.06. The molecule has 0 aromatic heterocycles. The molecule has 0 amide bonds. The lowest BCUT2D eigenvalue weighted by atomic mass is 10.2. The summed E-state index contributed by atoms with van der Waals surface area (Å²) in [6.45, 7) is 0.368. The van der Waals surface area contributed by atoms with Crippen molar-refractivity contribution in [3.8, 4) is 5.75 Å². The van der Waals surface area contributed by atoms with E-state index in [4.69, 9.17) is 4.74 Å². The van der Waals surface area contributed by atoms with Crippen molar-refractivity contribution < 1.29 is 9.13 Å². The van der Waals surface area contributed by atoms with Gasteiger partial charge in [-0.05, 0) is 39.9 Å². The number of ether oxygens (including phenoxy) is 1. The van der Waals surface area contributed by atoms with Crippen LogP contribution in [0, 0.1) is 5.82 Å². The fourth-order valence-corrected chi connectivity index (χ4v) is 2.88. The number of hydrogen-bond donors (Lipinski definition) is 0. The van der Waals surface area contributed by atoms with E-state index in [9.17, 15) is 4.39 Å². The average Bonchev–Trinajstić information content (AvgIpc) is 2.40. The molecule has 0 fully saturated rings. The Morgan fingerprint density at radius 2 is 1.89 bits per heavy atom. The van der Waals surface area contributed by atoms with Crippen molar-refractivity contribution in [1.29, 1.82) is 0 Å². The molecular weight excluding hydrogens is 315 g/mol. The maximum Gasteiger partial charge on any atom is 0.179 e. The number of benzene rings is 2. The van der Waals surface area contributed by atoms with Crippen LogP contribution in [0.1, 0.15) is 5.56 Å². The summed E-state index contributed by atoms with van der Waals surface area (Å²) >= 11 is 4.68. The van der Waals surface area contributed by atoms with Gasteiger partial charge in [0.05, 0.1) is 4.90 Å². The first-order chi connectivity index (χ1) is 8.72. The molecular formula is C14H12BrFOS. The highest BCUT2D eigenvalue weighted by Crippen LogP contribution is 2.34. The van der Waals surface area contributed by atoms with Crippen LogP contribution >= 0.6 is 27.7 Å². The van der Waals surface area contributed by atoms with E-state index < -0.39 is 0 Å². The molecule has 2 rings (SSSR count). The minimum absolute atomic E-state index is 0.284. The Balaban J connectivity index is 2.15. The number of thioether (sulfide) groups is 1. The number of halogens is 2. The van der Waals surface area contributed by atoms with Crippen molar-refractivity contribution in [3.05, 3.63) is 58.3 Å². The van der Waals surface area contributed by atoms with E-state index in [1.807, 2.05) is 36.6 Å². The molecule has 0 heterocycles. The highest BCUT2D eigenvalue weighted by Gasteiger charge is 2.12. The lowest BCUT2D eigenvalue weighted by Gasteiger charge is -2.10. The molecule has 2 aromatic rings. The van der Waals surface area contributed by atoms with Gasteiger partial charge in [-0.15, -0.1) is 11.8 Å². The van der Waals surface area contributed by atoms with Crippen molar-refractivity contribution in [2.24, 2.45) is 0 Å². The molecule has 0 atom stereocenters. The molecule has 94 valence electrons. The molecule has 0 spiro atoms. The van der Waals surface area contributed by atoms with E-state index in [0.29, 0.717) is 11.5 Å². The monoisotopic (exact) mass is 326 g/mol. The van der Waals surface area contributed by atoms with E-state index in [1.165, 1.54) is 11.8 Å². The maximum absolute atomic E-state index is 14.1. The standard InChI is InChI=1S/C14H12BrFOS/c1-18-14-11(15)7-8-12(13(14)16)17-9-10-5-3-2-4-6-10/h2-8H,9H2,1H3. The van der Waals surface area contributed by atoms with Crippen molar-refractivity contribution in [2.45, 2.75) is 11.5 Å². The Labute approximate surface area is 118 Å². The van der Waals surface area contributed by atoms with Gasteiger partial charge in [-0.25, -0.2) is 4.39 Å². The van der Waals surface area contributed by atoms with E-state index in [0.717, 1.165) is 10.0 Å². The van der Waals surface area contributed by atoms with Crippen molar-refractivity contribution >= 4 is 27.7 Å². The Hall–Kier alpha value is -1.00. The number of rotatable bonds is 4. The summed E-state index contributed by atoms with van der Waals surface area (Å²) in [5.41, 5.74) is 1.02. The molecule has 0 unspecified atom stereocenters. The summed E-state index contributed by atoms with van der Waals surface area (Å²) in [5, 5.41) is 0. The average molecular weight is 327 g/mol. The van der Waals surface area contributed by atoms with Gasteiger partial charge in [-0.3, -0.25) is 0 Å². The van der Waals surface area contributed by atoms with Crippen LogP contribution in [0.4, 0.5) is 4.39 Å². The first kappa shape index (κ1) is 13.4. The topological polar surface area (TPSA) is 9.23 Å². The van der Waals surface area contributed by atoms with Crippen molar-refractivity contribution in [1.82, 2.24) is 0 Å². The zero-order chi connectivity index (χ0) is 13.0. The highest BCUT2D eigenvalue weighted by atomic mass is 79.9. The first-order valence-corrected chi connectivity index (χ1v) is 7.43. The minimum Gasteiger partial charge on any atom is -0.486 e. The first-order valence-electron chi connectivity index (χ1n) is 5.41. The molecule has 0 aliphatic heterocycles. The molecule has 18 heavy (non-hydrogen) atoms. The highest BCUT2D eigenvalue weighted by molar-refractivity contribution is 9.10. The smallest absolute Gasteiger partial charge is 0.179 e. The summed E-state index contributed by atoms with van der Waals surface area (Å²) in [7, 11) is 0. The molecule has 0 saturated heterocycles. The van der Waals surface area contributed by atoms with Gasteiger partial charge in [0, 0.05) is 4.47 Å². The SMILES string of the molecule is CSc1c(Br)ccc(OCc2ccccc2)c1F. The van der Waals surface area contributed by atoms with Gasteiger partial charge in [0.2, 0.25) is 0 Å². The molecule has 1 nitrogen and oxygen atoms in total. The predicted molar refractivity (Wildman–Crippen MR) is 76.7 cm³/mol. The van der Waals surface area contributed by atoms with Crippen LogP contribution in [-0.2, 0) is 6.61 Å². The fraction of sp³-hybridized carbons (Fsp3) is 0.143. The molecule has 0 saturated carbocycles. The van der Waals surface area contributed by atoms with E-state index in [-0.39, 0.29) is 11.6 Å². The van der Waals surface area contributed by atoms with Crippen molar-refractivity contribution in [3.63, 3.8) is 0 Å². The van der Waals surface area contributed by atoms with Gasteiger partial charge in [-0.2, -0.15) is 0 Å². The van der Waals surface area contributed by atoms with Crippen LogP contribution in [0.5, 0.6) is 5.75 Å². The van der Waals surface area contributed by atoms with Crippen LogP contribution in [-0.4, -0.2) is 6.26 Å². The molecule has 4 heteroatoms. The van der Waals surface area contributed by atoms with Crippen LogP contribution in [0.15, 0.2) is 51.8 Å². The molecule has 0 radical (unpaired) electrons. The Morgan fingerprint density at radius 3 is 2.56 bits per heavy atom. The number of hydrogen-bond acceptors (Lipinski definition) is 2. The largest absolute Gasteiger partial charge is 0.486 e. The second kappa shape index (κ2) is 6.25. The Kier molecular flexibility index (Phi) is 4.66. The van der Waals surface area contributed by atoms with Crippen LogP contribution in [0.3, 0.4) is 0 Å². The minimum atomic E-state index is -0.312. The fourth-order valence-electron chi connectivity index (χ4n) is 1.55. The summed E-state index contributed by atoms with van der Waals surface area (Å²) in [4.78, 5) is 0.570. The van der Waals surface area contributed by atoms with Gasteiger partial charge in [0.1, 0.15) is 6.61 Å². The second-order valence-corrected chi connectivity index (χ2v) is 5.34. The third-order valence-electron chi connectivity index (χ3n) is 2.45. The summed E-state index contributed by atoms with van der Waals surface area (Å²) < 4.78 is 20.3. The van der Waals surface area contributed by atoms with E-state index in [1.54, 1.807) is 12.1 Å². The Bertz CT molecular complexity index is 531. The quantitative estimate of drug-likeness (QED) is 0.740. The van der Waals surface area contributed by atoms with Crippen LogP contribution in [0.2, 0.25) is 0 Å². The van der Waals surface area contributed by atoms with Gasteiger partial charge in [0.15, 0.2) is 11.6 Å². The summed E-state index contributed by atoms with van der Waals surface area (Å²) in [5.74, 6) is -0.0285. The van der Waals surface area contributed by atoms with Crippen LogP contribution in [0.25, 0.3) is 0 Å². The van der Waals surface area contributed by atoms with Gasteiger partial charge < -0.3 is 4.74 Å². The normalized spacial score (nSPS) is 10.4. The van der Waals surface area contributed by atoms with Crippen LogP contribution < -0.4 is 4.74 Å². The second-order valence-electron chi connectivity index (χ2n) is 3.67. The predicted octanol–water partition coefficient (Wildman–Crippen LogP) is 4.89. The van der Waals surface area contributed by atoms with Gasteiger partial charge in [0.25, 0.3) is 0 Å². The zero-order valence-corrected chi connectivity index (χ0v) is 12.2. The third-order valence-corrected chi connectivity index (χ3v) is 4.19. The van der Waals surface area contributed by atoms with Crippen molar-refractivity contribution in [2.75, 3.05) is 6.26 Å². The molecule has 2 aromatic carbocycles. The van der Waals surface area contributed by atoms with Gasteiger partial charge >= 0.3 is 0 Å². The lowest BCUT2D eigenvalue weighted by molar-refractivity contribution is 0.287. The van der Waals surface area contributed by atoms with Gasteiger partial charge in [-0.1, -0.05) is 30.3 Å². The lowest BCUT2D eigenvalue weighted by Crippen LogP contribution is -1.98. The molecule has 0 aliphatic carbocycles. The molecule has 0 aliphatic rings.